The summed E-state index contributed by atoms with van der Waals surface area (Å²) in [6.07, 6.45) is 2.38. The van der Waals surface area contributed by atoms with Crippen LogP contribution in [0.4, 0.5) is 0 Å². The van der Waals surface area contributed by atoms with Gasteiger partial charge in [-0.3, -0.25) is 14.2 Å². The standard InChI is InChI=1S/C29H30ClN3O2/c1-3-5-19-32(28(34)22-15-9-11-17-24(22)30)26(4-2)27-31-25-18-12-10-16-23(25)29(35)33(27)20-21-13-7-6-8-14-21/h6-18,26H,3-5,19-20H2,1-2H3. The highest BCUT2D eigenvalue weighted by Gasteiger charge is 2.29. The van der Waals surface area contributed by atoms with E-state index < -0.39 is 0 Å². The highest BCUT2D eigenvalue weighted by atomic mass is 35.5. The van der Waals surface area contributed by atoms with Gasteiger partial charge in [-0.15, -0.1) is 0 Å². The number of rotatable bonds is 9. The van der Waals surface area contributed by atoms with Gasteiger partial charge in [0.25, 0.3) is 11.5 Å². The Kier molecular flexibility index (Phi) is 7.98. The molecule has 1 heterocycles. The molecule has 3 aromatic carbocycles. The molecule has 35 heavy (non-hydrogen) atoms. The Hall–Kier alpha value is -3.44. The minimum Gasteiger partial charge on any atom is -0.328 e. The first-order valence-corrected chi connectivity index (χ1v) is 12.5. The molecule has 1 amide bonds. The third-order valence-corrected chi connectivity index (χ3v) is 6.58. The Labute approximate surface area is 211 Å². The van der Waals surface area contributed by atoms with E-state index in [1.165, 1.54) is 0 Å². The van der Waals surface area contributed by atoms with Gasteiger partial charge >= 0.3 is 0 Å². The zero-order valence-electron chi connectivity index (χ0n) is 20.2. The van der Waals surface area contributed by atoms with E-state index in [0.717, 1.165) is 18.4 Å². The van der Waals surface area contributed by atoms with Crippen molar-refractivity contribution in [2.75, 3.05) is 6.54 Å². The lowest BCUT2D eigenvalue weighted by Gasteiger charge is -2.32. The number of hydrogen-bond donors (Lipinski definition) is 0. The van der Waals surface area contributed by atoms with Crippen LogP contribution in [0.2, 0.25) is 5.02 Å². The van der Waals surface area contributed by atoms with Crippen LogP contribution in [-0.2, 0) is 6.54 Å². The first kappa shape index (κ1) is 24.7. The quantitative estimate of drug-likeness (QED) is 0.271. The maximum atomic E-state index is 13.8. The number of halogens is 1. The maximum absolute atomic E-state index is 13.8. The first-order chi connectivity index (χ1) is 17.0. The smallest absolute Gasteiger partial charge is 0.261 e. The van der Waals surface area contributed by atoms with Crippen molar-refractivity contribution in [1.82, 2.24) is 14.5 Å². The van der Waals surface area contributed by atoms with Crippen LogP contribution < -0.4 is 5.56 Å². The van der Waals surface area contributed by atoms with Gasteiger partial charge in [0.15, 0.2) is 0 Å². The number of amides is 1. The number of carbonyl (C=O) groups is 1. The molecular weight excluding hydrogens is 458 g/mol. The second-order valence-corrected chi connectivity index (χ2v) is 9.03. The van der Waals surface area contributed by atoms with Crippen LogP contribution in [0.3, 0.4) is 0 Å². The zero-order valence-corrected chi connectivity index (χ0v) is 20.9. The summed E-state index contributed by atoms with van der Waals surface area (Å²) in [5.74, 6) is 0.445. The van der Waals surface area contributed by atoms with E-state index in [2.05, 4.69) is 6.92 Å². The number of nitrogens with zero attached hydrogens (tertiary/aromatic N) is 3. The predicted octanol–water partition coefficient (Wildman–Crippen LogP) is 6.49. The van der Waals surface area contributed by atoms with E-state index in [1.807, 2.05) is 72.5 Å². The van der Waals surface area contributed by atoms with Gasteiger partial charge in [0.05, 0.1) is 34.1 Å². The molecular formula is C29H30ClN3O2. The molecule has 0 saturated heterocycles. The molecule has 0 aliphatic rings. The summed E-state index contributed by atoms with van der Waals surface area (Å²) in [4.78, 5) is 34.3. The van der Waals surface area contributed by atoms with Gasteiger partial charge in [-0.25, -0.2) is 4.98 Å². The van der Waals surface area contributed by atoms with Gasteiger partial charge in [-0.1, -0.05) is 86.5 Å². The Bertz CT molecular complexity index is 1370. The highest BCUT2D eigenvalue weighted by molar-refractivity contribution is 6.33. The molecule has 0 spiro atoms. The van der Waals surface area contributed by atoms with Crippen LogP contribution in [0.5, 0.6) is 0 Å². The van der Waals surface area contributed by atoms with Crippen molar-refractivity contribution >= 4 is 28.4 Å². The Morgan fingerprint density at radius 2 is 1.66 bits per heavy atom. The highest BCUT2D eigenvalue weighted by Crippen LogP contribution is 2.28. The largest absolute Gasteiger partial charge is 0.328 e. The Morgan fingerprint density at radius 3 is 2.37 bits per heavy atom. The van der Waals surface area contributed by atoms with Gasteiger partial charge < -0.3 is 4.90 Å². The number of carbonyl (C=O) groups excluding carboxylic acids is 1. The minimum absolute atomic E-state index is 0.103. The molecule has 4 aromatic rings. The normalized spacial score (nSPS) is 12.0. The Balaban J connectivity index is 1.88. The number of benzene rings is 3. The molecule has 0 radical (unpaired) electrons. The SMILES string of the molecule is CCCCN(C(=O)c1ccccc1Cl)C(CC)c1nc2ccccc2c(=O)n1Cc1ccccc1. The van der Waals surface area contributed by atoms with Crippen molar-refractivity contribution in [3.05, 3.63) is 111 Å². The van der Waals surface area contributed by atoms with Crippen molar-refractivity contribution in [1.29, 1.82) is 0 Å². The van der Waals surface area contributed by atoms with Crippen LogP contribution in [0.25, 0.3) is 10.9 Å². The van der Waals surface area contributed by atoms with Gasteiger partial charge in [-0.2, -0.15) is 0 Å². The summed E-state index contributed by atoms with van der Waals surface area (Å²) in [6.45, 7) is 5.05. The fraction of sp³-hybridized carbons (Fsp3) is 0.276. The summed E-state index contributed by atoms with van der Waals surface area (Å²) < 4.78 is 1.73. The van der Waals surface area contributed by atoms with Crippen molar-refractivity contribution < 1.29 is 4.79 Å². The summed E-state index contributed by atoms with van der Waals surface area (Å²) in [5, 5.41) is 0.988. The number of unbranched alkanes of at least 4 members (excludes halogenated alkanes) is 1. The van der Waals surface area contributed by atoms with E-state index in [0.29, 0.717) is 46.8 Å². The number of fused-ring (bicyclic) bond motifs is 1. The summed E-state index contributed by atoms with van der Waals surface area (Å²) in [6, 6.07) is 24.0. The molecule has 0 saturated carbocycles. The summed E-state index contributed by atoms with van der Waals surface area (Å²) in [5.41, 5.74) is 1.99. The molecule has 0 bridgehead atoms. The minimum atomic E-state index is -0.383. The molecule has 180 valence electrons. The third-order valence-electron chi connectivity index (χ3n) is 6.25. The van der Waals surface area contributed by atoms with E-state index in [9.17, 15) is 9.59 Å². The lowest BCUT2D eigenvalue weighted by atomic mass is 10.1. The fourth-order valence-electron chi connectivity index (χ4n) is 4.42. The maximum Gasteiger partial charge on any atom is 0.261 e. The molecule has 1 atom stereocenters. The summed E-state index contributed by atoms with van der Waals surface area (Å²) >= 11 is 6.41. The molecule has 1 unspecified atom stereocenters. The third kappa shape index (κ3) is 5.30. The Morgan fingerprint density at radius 1 is 0.971 bits per heavy atom. The average molecular weight is 488 g/mol. The second kappa shape index (κ2) is 11.3. The van der Waals surface area contributed by atoms with Crippen molar-refractivity contribution in [3.8, 4) is 0 Å². The molecule has 1 aromatic heterocycles. The summed E-state index contributed by atoms with van der Waals surface area (Å²) in [7, 11) is 0. The molecule has 4 rings (SSSR count). The van der Waals surface area contributed by atoms with Gasteiger partial charge in [-0.05, 0) is 42.7 Å². The van der Waals surface area contributed by atoms with Gasteiger partial charge in [0.2, 0.25) is 0 Å². The van der Waals surface area contributed by atoms with Gasteiger partial charge in [0.1, 0.15) is 5.82 Å². The van der Waals surface area contributed by atoms with Crippen molar-refractivity contribution in [3.63, 3.8) is 0 Å². The van der Waals surface area contributed by atoms with Crippen LogP contribution in [0.15, 0.2) is 83.7 Å². The lowest BCUT2D eigenvalue weighted by Crippen LogP contribution is -2.39. The van der Waals surface area contributed by atoms with E-state index >= 15 is 0 Å². The first-order valence-electron chi connectivity index (χ1n) is 12.1. The van der Waals surface area contributed by atoms with E-state index in [4.69, 9.17) is 16.6 Å². The number of para-hydroxylation sites is 1. The number of hydrogen-bond acceptors (Lipinski definition) is 3. The van der Waals surface area contributed by atoms with Gasteiger partial charge in [0, 0.05) is 6.54 Å². The molecule has 0 aliphatic heterocycles. The molecule has 0 aliphatic carbocycles. The fourth-order valence-corrected chi connectivity index (χ4v) is 4.63. The van der Waals surface area contributed by atoms with Crippen LogP contribution in [0.1, 0.15) is 60.9 Å². The van der Waals surface area contributed by atoms with E-state index in [-0.39, 0.29) is 17.5 Å². The molecule has 5 nitrogen and oxygen atoms in total. The van der Waals surface area contributed by atoms with Crippen LogP contribution in [-0.4, -0.2) is 26.9 Å². The van der Waals surface area contributed by atoms with Crippen molar-refractivity contribution in [2.45, 2.75) is 45.7 Å². The number of aromatic nitrogens is 2. The lowest BCUT2D eigenvalue weighted by molar-refractivity contribution is 0.0654. The molecule has 6 heteroatoms. The monoisotopic (exact) mass is 487 g/mol. The van der Waals surface area contributed by atoms with Crippen molar-refractivity contribution in [2.24, 2.45) is 0 Å². The molecule has 0 N–H and O–H groups in total. The predicted molar refractivity (Wildman–Crippen MR) is 142 cm³/mol. The van der Waals surface area contributed by atoms with E-state index in [1.54, 1.807) is 22.8 Å². The topological polar surface area (TPSA) is 55.2 Å². The van der Waals surface area contributed by atoms with Crippen LogP contribution >= 0.6 is 11.6 Å². The second-order valence-electron chi connectivity index (χ2n) is 8.62. The molecule has 0 fully saturated rings. The zero-order chi connectivity index (χ0) is 24.8. The van der Waals surface area contributed by atoms with Crippen LogP contribution in [0, 0.1) is 0 Å². The average Bonchev–Trinajstić information content (AvgIpc) is 2.89.